The monoisotopic (exact) mass is 281 g/mol. The summed E-state index contributed by atoms with van der Waals surface area (Å²) in [6.45, 7) is 3.82. The van der Waals surface area contributed by atoms with Gasteiger partial charge in [0.15, 0.2) is 11.6 Å². The van der Waals surface area contributed by atoms with Gasteiger partial charge >= 0.3 is 0 Å². The summed E-state index contributed by atoms with van der Waals surface area (Å²) >= 11 is 0. The fourth-order valence-corrected chi connectivity index (χ4v) is 3.55. The maximum absolute atomic E-state index is 14.2. The van der Waals surface area contributed by atoms with Crippen molar-refractivity contribution in [3.63, 3.8) is 0 Å². The predicted octanol–water partition coefficient (Wildman–Crippen LogP) is 4.75. The summed E-state index contributed by atoms with van der Waals surface area (Å²) in [5, 5.41) is 3.21. The molecule has 0 amide bonds. The van der Waals surface area contributed by atoms with E-state index in [4.69, 9.17) is 0 Å². The molecule has 3 heteroatoms. The van der Waals surface area contributed by atoms with Crippen LogP contribution in [0.3, 0.4) is 0 Å². The minimum Gasteiger partial charge on any atom is -0.313 e. The number of aryl methyl sites for hydroxylation is 1. The predicted molar refractivity (Wildman–Crippen MR) is 78.6 cm³/mol. The normalized spacial score (nSPS) is 24.6. The van der Waals surface area contributed by atoms with Crippen LogP contribution in [0.15, 0.2) is 12.1 Å². The average molecular weight is 281 g/mol. The third kappa shape index (κ3) is 3.03. The molecular weight excluding hydrogens is 256 g/mol. The van der Waals surface area contributed by atoms with E-state index in [0.29, 0.717) is 17.0 Å². The summed E-state index contributed by atoms with van der Waals surface area (Å²) in [5.74, 6) is -0.258. The molecule has 0 heterocycles. The van der Waals surface area contributed by atoms with Crippen molar-refractivity contribution in [1.29, 1.82) is 0 Å². The molecule has 1 aliphatic carbocycles. The molecule has 0 bridgehead atoms. The van der Waals surface area contributed by atoms with Gasteiger partial charge in [0, 0.05) is 11.6 Å². The summed E-state index contributed by atoms with van der Waals surface area (Å²) in [4.78, 5) is 0. The molecule has 1 aromatic rings. The molecular formula is C17H25F2N. The lowest BCUT2D eigenvalue weighted by Gasteiger charge is -2.34. The van der Waals surface area contributed by atoms with Crippen LogP contribution in [0.25, 0.3) is 0 Å². The second-order valence-corrected chi connectivity index (χ2v) is 6.07. The van der Waals surface area contributed by atoms with E-state index >= 15 is 0 Å². The smallest absolute Gasteiger partial charge is 0.163 e. The molecule has 0 aliphatic heterocycles. The van der Waals surface area contributed by atoms with Crippen molar-refractivity contribution in [2.24, 2.45) is 11.8 Å². The van der Waals surface area contributed by atoms with Crippen LogP contribution in [0.1, 0.15) is 56.2 Å². The minimum atomic E-state index is -0.703. The van der Waals surface area contributed by atoms with Gasteiger partial charge in [-0.1, -0.05) is 38.3 Å². The van der Waals surface area contributed by atoms with Crippen molar-refractivity contribution in [2.45, 2.75) is 52.0 Å². The molecule has 1 nitrogen and oxygen atoms in total. The van der Waals surface area contributed by atoms with Gasteiger partial charge in [0.1, 0.15) is 0 Å². The van der Waals surface area contributed by atoms with E-state index in [2.05, 4.69) is 12.2 Å². The maximum atomic E-state index is 14.2. The number of rotatable bonds is 4. The highest BCUT2D eigenvalue weighted by Gasteiger charge is 2.30. The van der Waals surface area contributed by atoms with Gasteiger partial charge < -0.3 is 5.32 Å². The lowest BCUT2D eigenvalue weighted by molar-refractivity contribution is 0.211. The number of hydrogen-bond acceptors (Lipinski definition) is 1. The highest BCUT2D eigenvalue weighted by molar-refractivity contribution is 5.28. The Morgan fingerprint density at radius 2 is 2.00 bits per heavy atom. The van der Waals surface area contributed by atoms with E-state index in [1.807, 2.05) is 7.05 Å². The summed E-state index contributed by atoms with van der Waals surface area (Å²) in [7, 11) is 1.84. The van der Waals surface area contributed by atoms with Crippen LogP contribution in [-0.2, 0) is 0 Å². The third-order valence-electron chi connectivity index (χ3n) is 4.82. The average Bonchev–Trinajstić information content (AvgIpc) is 2.48. The van der Waals surface area contributed by atoms with Crippen molar-refractivity contribution in [3.05, 3.63) is 34.9 Å². The Bertz CT molecular complexity index is 459. The molecule has 3 unspecified atom stereocenters. The first-order valence-electron chi connectivity index (χ1n) is 7.70. The maximum Gasteiger partial charge on any atom is 0.163 e. The number of halogens is 2. The molecule has 112 valence electrons. The van der Waals surface area contributed by atoms with Crippen molar-refractivity contribution >= 4 is 0 Å². The van der Waals surface area contributed by atoms with Crippen molar-refractivity contribution < 1.29 is 8.78 Å². The quantitative estimate of drug-likeness (QED) is 0.839. The highest BCUT2D eigenvalue weighted by Crippen LogP contribution is 2.39. The van der Waals surface area contributed by atoms with Gasteiger partial charge in [-0.2, -0.15) is 0 Å². The molecule has 0 spiro atoms. The van der Waals surface area contributed by atoms with Crippen molar-refractivity contribution in [2.75, 3.05) is 7.05 Å². The van der Waals surface area contributed by atoms with Crippen LogP contribution in [0.2, 0.25) is 0 Å². The lowest BCUT2D eigenvalue weighted by atomic mass is 9.75. The molecule has 0 radical (unpaired) electrons. The van der Waals surface area contributed by atoms with E-state index in [-0.39, 0.29) is 6.04 Å². The summed E-state index contributed by atoms with van der Waals surface area (Å²) < 4.78 is 28.0. The first kappa shape index (κ1) is 15.4. The third-order valence-corrected chi connectivity index (χ3v) is 4.82. The number of nitrogens with one attached hydrogen (secondary N) is 1. The van der Waals surface area contributed by atoms with Crippen LogP contribution in [0.4, 0.5) is 8.78 Å². The second-order valence-electron chi connectivity index (χ2n) is 6.07. The van der Waals surface area contributed by atoms with Gasteiger partial charge in [-0.15, -0.1) is 0 Å². The van der Waals surface area contributed by atoms with Crippen molar-refractivity contribution in [1.82, 2.24) is 5.32 Å². The van der Waals surface area contributed by atoms with Crippen LogP contribution in [0, 0.1) is 30.4 Å². The van der Waals surface area contributed by atoms with E-state index in [9.17, 15) is 8.78 Å². The minimum absolute atomic E-state index is 0.0838. The first-order chi connectivity index (χ1) is 9.58. The Kier molecular flexibility index (Phi) is 5.14. The topological polar surface area (TPSA) is 12.0 Å². The number of hydrogen-bond donors (Lipinski definition) is 1. The Morgan fingerprint density at radius 3 is 2.65 bits per heavy atom. The lowest BCUT2D eigenvalue weighted by Crippen LogP contribution is -2.30. The van der Waals surface area contributed by atoms with Gasteiger partial charge in [0.05, 0.1) is 0 Å². The van der Waals surface area contributed by atoms with Gasteiger partial charge in [0.2, 0.25) is 0 Å². The summed E-state index contributed by atoms with van der Waals surface area (Å²) in [6.07, 6.45) is 5.84. The van der Waals surface area contributed by atoms with Gasteiger partial charge in [-0.05, 0) is 44.2 Å². The molecule has 1 N–H and O–H groups in total. The summed E-state index contributed by atoms with van der Waals surface area (Å²) in [5.41, 5.74) is 0.855. The van der Waals surface area contributed by atoms with Crippen LogP contribution in [0.5, 0.6) is 0 Å². The molecule has 1 aliphatic rings. The van der Waals surface area contributed by atoms with E-state index < -0.39 is 11.6 Å². The molecule has 20 heavy (non-hydrogen) atoms. The molecule has 2 rings (SSSR count). The second kappa shape index (κ2) is 6.66. The Balaban J connectivity index is 2.26. The zero-order valence-electron chi connectivity index (χ0n) is 12.7. The molecule has 1 fully saturated rings. The fraction of sp³-hybridized carbons (Fsp3) is 0.647. The fourth-order valence-electron chi connectivity index (χ4n) is 3.55. The van der Waals surface area contributed by atoms with Gasteiger partial charge in [0.25, 0.3) is 0 Å². The summed E-state index contributed by atoms with van der Waals surface area (Å²) in [6, 6.07) is 3.34. The zero-order valence-corrected chi connectivity index (χ0v) is 12.7. The van der Waals surface area contributed by atoms with E-state index in [1.54, 1.807) is 19.1 Å². The van der Waals surface area contributed by atoms with Crippen LogP contribution in [-0.4, -0.2) is 7.05 Å². The van der Waals surface area contributed by atoms with E-state index in [1.165, 1.54) is 19.3 Å². The largest absolute Gasteiger partial charge is 0.313 e. The van der Waals surface area contributed by atoms with Gasteiger partial charge in [-0.3, -0.25) is 0 Å². The number of benzene rings is 1. The first-order valence-corrected chi connectivity index (χ1v) is 7.70. The Morgan fingerprint density at radius 1 is 1.25 bits per heavy atom. The van der Waals surface area contributed by atoms with Crippen LogP contribution < -0.4 is 5.32 Å². The highest BCUT2D eigenvalue weighted by atomic mass is 19.2. The molecule has 0 saturated heterocycles. The Labute approximate surface area is 120 Å². The molecule has 1 aromatic carbocycles. The molecule has 3 atom stereocenters. The SMILES string of the molecule is CCC1CCCC(C(NC)c2ccc(C)c(F)c2F)C1. The van der Waals surface area contributed by atoms with Crippen molar-refractivity contribution in [3.8, 4) is 0 Å². The van der Waals surface area contributed by atoms with Crippen LogP contribution >= 0.6 is 0 Å². The Hall–Kier alpha value is -0.960. The van der Waals surface area contributed by atoms with E-state index in [0.717, 1.165) is 18.8 Å². The zero-order chi connectivity index (χ0) is 14.7. The molecule has 1 saturated carbocycles. The molecule has 0 aromatic heterocycles. The standard InChI is InChI=1S/C17H25F2N/c1-4-12-6-5-7-13(10-12)17(20-3)14-9-8-11(2)15(18)16(14)19/h8-9,12-13,17,20H,4-7,10H2,1-3H3. The van der Waals surface area contributed by atoms with Gasteiger partial charge in [-0.25, -0.2) is 8.78 Å².